The average Bonchev–Trinajstić information content (AvgIpc) is 2.48. The topological polar surface area (TPSA) is 88.0 Å². The summed E-state index contributed by atoms with van der Waals surface area (Å²) in [5.74, 6) is -0.361. The van der Waals surface area contributed by atoms with Crippen LogP contribution in [0.25, 0.3) is 11.5 Å². The molecule has 1 aliphatic rings. The zero-order valence-corrected chi connectivity index (χ0v) is 8.81. The van der Waals surface area contributed by atoms with E-state index in [1.165, 1.54) is 0 Å². The molecule has 1 aromatic carbocycles. The van der Waals surface area contributed by atoms with Crippen molar-refractivity contribution >= 4 is 11.5 Å². The second-order valence-electron chi connectivity index (χ2n) is 3.60. The summed E-state index contributed by atoms with van der Waals surface area (Å²) in [5.41, 5.74) is 0.898. The summed E-state index contributed by atoms with van der Waals surface area (Å²) in [7, 11) is 0. The van der Waals surface area contributed by atoms with Gasteiger partial charge in [-0.3, -0.25) is 0 Å². The van der Waals surface area contributed by atoms with Crippen LogP contribution in [0.5, 0.6) is 0 Å². The van der Waals surface area contributed by atoms with Crippen molar-refractivity contribution in [1.82, 2.24) is 0 Å². The fraction of sp³-hybridized carbons (Fsp3) is 0.0769. The smallest absolute Gasteiger partial charge is 0.137 e. The van der Waals surface area contributed by atoms with Gasteiger partial charge in [0.1, 0.15) is 11.5 Å². The van der Waals surface area contributed by atoms with Gasteiger partial charge in [-0.25, -0.2) is 0 Å². The summed E-state index contributed by atoms with van der Waals surface area (Å²) < 4.78 is 0. The molecule has 0 heterocycles. The molecule has 0 atom stereocenters. The van der Waals surface area contributed by atoms with E-state index in [1.807, 2.05) is 12.1 Å². The molecule has 0 fully saturated rings. The van der Waals surface area contributed by atoms with Gasteiger partial charge in [-0.05, 0) is 0 Å². The van der Waals surface area contributed by atoms with Crippen molar-refractivity contribution in [2.24, 2.45) is 0 Å². The summed E-state index contributed by atoms with van der Waals surface area (Å²) in [6.07, 6.45) is -0.0562. The number of fused-ring (bicyclic) bond motifs is 1. The summed E-state index contributed by atoms with van der Waals surface area (Å²) in [4.78, 5) is 0. The van der Waals surface area contributed by atoms with Crippen LogP contribution < -0.4 is 0 Å². The van der Waals surface area contributed by atoms with Crippen molar-refractivity contribution in [2.45, 2.75) is 6.42 Å². The second-order valence-corrected chi connectivity index (χ2v) is 3.60. The molecule has 2 rings (SSSR count). The van der Waals surface area contributed by atoms with Gasteiger partial charge in [-0.1, -0.05) is 24.3 Å². The van der Waals surface area contributed by atoms with Crippen molar-refractivity contribution in [3.05, 3.63) is 46.5 Å². The van der Waals surface area contributed by atoms with Crippen molar-refractivity contribution in [1.29, 1.82) is 10.5 Å². The quantitative estimate of drug-likeness (QED) is 0.709. The van der Waals surface area contributed by atoms with Crippen LogP contribution in [0, 0.1) is 22.7 Å². The van der Waals surface area contributed by atoms with Crippen LogP contribution in [0.15, 0.2) is 35.4 Å². The van der Waals surface area contributed by atoms with Crippen LogP contribution in [0.1, 0.15) is 17.5 Å². The lowest BCUT2D eigenvalue weighted by Crippen LogP contribution is -1.92. The number of hydrogen-bond acceptors (Lipinski definition) is 4. The highest BCUT2D eigenvalue weighted by molar-refractivity contribution is 5.82. The molecule has 0 radical (unpaired) electrons. The van der Waals surface area contributed by atoms with Gasteiger partial charge in [-0.15, -0.1) is 0 Å². The summed E-state index contributed by atoms with van der Waals surface area (Å²) in [6.45, 7) is 0. The van der Waals surface area contributed by atoms with E-state index in [4.69, 9.17) is 10.5 Å². The monoisotopic (exact) mass is 224 g/mol. The molecule has 0 spiro atoms. The highest BCUT2D eigenvalue weighted by Crippen LogP contribution is 2.33. The third-order valence-corrected chi connectivity index (χ3v) is 2.63. The van der Waals surface area contributed by atoms with E-state index in [2.05, 4.69) is 0 Å². The minimum Gasteiger partial charge on any atom is -0.506 e. The molecule has 0 saturated carbocycles. The summed E-state index contributed by atoms with van der Waals surface area (Å²) in [6, 6.07) is 10.3. The molecule has 4 heteroatoms. The van der Waals surface area contributed by atoms with Gasteiger partial charge in [0.15, 0.2) is 0 Å². The van der Waals surface area contributed by atoms with E-state index in [0.717, 1.165) is 0 Å². The van der Waals surface area contributed by atoms with Crippen LogP contribution in [-0.4, -0.2) is 10.2 Å². The van der Waals surface area contributed by atoms with Crippen LogP contribution in [-0.2, 0) is 0 Å². The Bertz CT molecular complexity index is 573. The predicted octanol–water partition coefficient (Wildman–Crippen LogP) is 2.68. The first-order valence-corrected chi connectivity index (χ1v) is 4.93. The molecule has 0 aliphatic heterocycles. The van der Waals surface area contributed by atoms with E-state index >= 15 is 0 Å². The number of nitriles is 2. The molecule has 17 heavy (non-hydrogen) atoms. The zero-order chi connectivity index (χ0) is 12.4. The van der Waals surface area contributed by atoms with Gasteiger partial charge >= 0.3 is 0 Å². The first-order chi connectivity index (χ1) is 8.19. The van der Waals surface area contributed by atoms with Crippen LogP contribution in [0.3, 0.4) is 0 Å². The lowest BCUT2D eigenvalue weighted by Gasteiger charge is -2.06. The Balaban J connectivity index is 2.82. The van der Waals surface area contributed by atoms with E-state index < -0.39 is 0 Å². The van der Waals surface area contributed by atoms with Gasteiger partial charge in [0, 0.05) is 17.5 Å². The first-order valence-electron chi connectivity index (χ1n) is 4.93. The van der Waals surface area contributed by atoms with Gasteiger partial charge < -0.3 is 10.2 Å². The number of rotatable bonds is 0. The molecule has 0 unspecified atom stereocenters. The third-order valence-electron chi connectivity index (χ3n) is 2.63. The molecule has 0 aromatic heterocycles. The number of allylic oxidation sites excluding steroid dienone is 2. The maximum Gasteiger partial charge on any atom is 0.137 e. The molecular formula is C13H8N2O2. The standard InChI is InChI=1S/C13H8N2O2/c14-6-8-5-9(7-15)13(17)11-4-2-1-3-10(11)12(8)16/h1-4,16-17H,5H2. The number of aliphatic hydroxyl groups excluding tert-OH is 2. The van der Waals surface area contributed by atoms with Crippen molar-refractivity contribution < 1.29 is 10.2 Å². The number of hydrogen-bond donors (Lipinski definition) is 2. The number of nitrogens with zero attached hydrogens (tertiary/aromatic N) is 2. The fourth-order valence-electron chi connectivity index (χ4n) is 1.75. The minimum atomic E-state index is -0.181. The van der Waals surface area contributed by atoms with E-state index in [1.54, 1.807) is 24.3 Å². The van der Waals surface area contributed by atoms with Gasteiger partial charge in [0.25, 0.3) is 0 Å². The zero-order valence-electron chi connectivity index (χ0n) is 8.81. The molecular weight excluding hydrogens is 216 g/mol. The van der Waals surface area contributed by atoms with E-state index in [9.17, 15) is 10.2 Å². The lowest BCUT2D eigenvalue weighted by molar-refractivity contribution is 0.501. The maximum absolute atomic E-state index is 9.94. The van der Waals surface area contributed by atoms with E-state index in [0.29, 0.717) is 11.1 Å². The lowest BCUT2D eigenvalue weighted by atomic mass is 10.0. The molecule has 0 bridgehead atoms. The number of benzene rings is 1. The number of aliphatic hydroxyl groups is 2. The Morgan fingerprint density at radius 3 is 1.65 bits per heavy atom. The Hall–Kier alpha value is -2.72. The van der Waals surface area contributed by atoms with Crippen LogP contribution in [0.4, 0.5) is 0 Å². The average molecular weight is 224 g/mol. The Kier molecular flexibility index (Phi) is 2.56. The highest BCUT2D eigenvalue weighted by Gasteiger charge is 2.22. The normalized spacial score (nSPS) is 14.7. The molecule has 0 saturated heterocycles. The van der Waals surface area contributed by atoms with Crippen molar-refractivity contribution in [3.8, 4) is 12.1 Å². The Morgan fingerprint density at radius 2 is 1.29 bits per heavy atom. The summed E-state index contributed by atoms with van der Waals surface area (Å²) >= 11 is 0. The van der Waals surface area contributed by atoms with Crippen LogP contribution >= 0.6 is 0 Å². The molecule has 1 aromatic rings. The highest BCUT2D eigenvalue weighted by atomic mass is 16.3. The molecule has 1 aliphatic carbocycles. The Morgan fingerprint density at radius 1 is 0.882 bits per heavy atom. The third kappa shape index (κ3) is 1.62. The van der Waals surface area contributed by atoms with E-state index in [-0.39, 0.29) is 29.1 Å². The second kappa shape index (κ2) is 4.03. The SMILES string of the molecule is N#CC1=C(O)c2ccccc2C(O)=C(C#N)C1. The molecule has 82 valence electrons. The van der Waals surface area contributed by atoms with Gasteiger partial charge in [-0.2, -0.15) is 10.5 Å². The van der Waals surface area contributed by atoms with Crippen molar-refractivity contribution in [3.63, 3.8) is 0 Å². The van der Waals surface area contributed by atoms with Gasteiger partial charge in [0.2, 0.25) is 0 Å². The predicted molar refractivity (Wildman–Crippen MR) is 61.4 cm³/mol. The maximum atomic E-state index is 9.94. The fourth-order valence-corrected chi connectivity index (χ4v) is 1.75. The summed E-state index contributed by atoms with van der Waals surface area (Å²) in [5, 5.41) is 37.7. The first kappa shape index (κ1) is 10.8. The van der Waals surface area contributed by atoms with Gasteiger partial charge in [0.05, 0.1) is 23.3 Å². The minimum absolute atomic E-state index is 0.0562. The van der Waals surface area contributed by atoms with Crippen LogP contribution in [0.2, 0.25) is 0 Å². The largest absolute Gasteiger partial charge is 0.506 e. The molecule has 2 N–H and O–H groups in total. The van der Waals surface area contributed by atoms with Crippen molar-refractivity contribution in [2.75, 3.05) is 0 Å². The molecule has 0 amide bonds. The Labute approximate surface area is 98.0 Å². The molecule has 4 nitrogen and oxygen atoms in total.